The number of fused-ring (bicyclic) bond motifs is 1. The molecule has 0 aliphatic carbocycles. The SMILES string of the molecule is CCn1cc(C)c2c(C)cccc2c1=O. The monoisotopic (exact) mass is 201 g/mol. The van der Waals surface area contributed by atoms with Gasteiger partial charge in [-0.3, -0.25) is 4.79 Å². The summed E-state index contributed by atoms with van der Waals surface area (Å²) in [5.41, 5.74) is 2.46. The van der Waals surface area contributed by atoms with Crippen LogP contribution >= 0.6 is 0 Å². The van der Waals surface area contributed by atoms with Gasteiger partial charge < -0.3 is 4.57 Å². The molecule has 0 radical (unpaired) electrons. The maximum Gasteiger partial charge on any atom is 0.258 e. The van der Waals surface area contributed by atoms with Crippen molar-refractivity contribution in [1.82, 2.24) is 4.57 Å². The minimum atomic E-state index is 0.113. The van der Waals surface area contributed by atoms with Crippen LogP contribution < -0.4 is 5.56 Å². The predicted molar refractivity (Wildman–Crippen MR) is 63.4 cm³/mol. The van der Waals surface area contributed by atoms with Gasteiger partial charge in [0.05, 0.1) is 0 Å². The summed E-state index contributed by atoms with van der Waals surface area (Å²) < 4.78 is 1.76. The molecule has 0 atom stereocenters. The smallest absolute Gasteiger partial charge is 0.258 e. The average molecular weight is 201 g/mol. The third kappa shape index (κ3) is 1.46. The molecule has 0 bridgehead atoms. The van der Waals surface area contributed by atoms with Crippen LogP contribution in [0.1, 0.15) is 18.1 Å². The molecule has 0 amide bonds. The fourth-order valence-electron chi connectivity index (χ4n) is 2.12. The highest BCUT2D eigenvalue weighted by Crippen LogP contribution is 2.18. The quantitative estimate of drug-likeness (QED) is 0.695. The van der Waals surface area contributed by atoms with E-state index in [9.17, 15) is 4.79 Å². The number of aryl methyl sites for hydroxylation is 3. The van der Waals surface area contributed by atoms with E-state index in [1.165, 1.54) is 11.1 Å². The van der Waals surface area contributed by atoms with Crippen LogP contribution in [-0.4, -0.2) is 4.57 Å². The summed E-state index contributed by atoms with van der Waals surface area (Å²) >= 11 is 0. The number of pyridine rings is 1. The van der Waals surface area contributed by atoms with Gasteiger partial charge in [0.15, 0.2) is 0 Å². The molecule has 2 heteroatoms. The second-order valence-electron chi connectivity index (χ2n) is 3.90. The van der Waals surface area contributed by atoms with E-state index >= 15 is 0 Å². The Bertz CT molecular complexity index is 566. The van der Waals surface area contributed by atoms with E-state index in [0.717, 1.165) is 17.3 Å². The molecule has 2 aromatic rings. The lowest BCUT2D eigenvalue weighted by atomic mass is 10.0. The number of benzene rings is 1. The summed E-state index contributed by atoms with van der Waals surface area (Å²) in [7, 11) is 0. The molecule has 0 saturated heterocycles. The maximum absolute atomic E-state index is 12.0. The molecule has 1 aromatic carbocycles. The largest absolute Gasteiger partial charge is 0.315 e. The van der Waals surface area contributed by atoms with E-state index in [-0.39, 0.29) is 5.56 Å². The van der Waals surface area contributed by atoms with Gasteiger partial charge in [-0.1, -0.05) is 12.1 Å². The first-order chi connectivity index (χ1) is 7.15. The number of nitrogens with zero attached hydrogens (tertiary/aromatic N) is 1. The van der Waals surface area contributed by atoms with Crippen molar-refractivity contribution >= 4 is 10.8 Å². The third-order valence-corrected chi connectivity index (χ3v) is 2.85. The summed E-state index contributed by atoms with van der Waals surface area (Å²) in [6.07, 6.45) is 1.94. The number of hydrogen-bond acceptors (Lipinski definition) is 1. The normalized spacial score (nSPS) is 10.9. The van der Waals surface area contributed by atoms with Gasteiger partial charge in [-0.2, -0.15) is 0 Å². The van der Waals surface area contributed by atoms with Crippen molar-refractivity contribution in [2.45, 2.75) is 27.3 Å². The van der Waals surface area contributed by atoms with E-state index in [1.807, 2.05) is 38.2 Å². The Labute approximate surface area is 89.2 Å². The molecule has 0 aliphatic heterocycles. The van der Waals surface area contributed by atoms with Gasteiger partial charge in [-0.25, -0.2) is 0 Å². The van der Waals surface area contributed by atoms with Gasteiger partial charge in [0.25, 0.3) is 5.56 Å². The van der Waals surface area contributed by atoms with E-state index in [2.05, 4.69) is 6.92 Å². The molecule has 0 aliphatic rings. The molecule has 0 saturated carbocycles. The molecule has 0 fully saturated rings. The molecule has 2 rings (SSSR count). The van der Waals surface area contributed by atoms with E-state index in [4.69, 9.17) is 0 Å². The Balaban J connectivity index is 3.00. The first kappa shape index (κ1) is 9.97. The summed E-state index contributed by atoms with van der Waals surface area (Å²) in [5.74, 6) is 0. The van der Waals surface area contributed by atoms with Gasteiger partial charge in [0.1, 0.15) is 0 Å². The Kier molecular flexibility index (Phi) is 2.35. The van der Waals surface area contributed by atoms with E-state index in [1.54, 1.807) is 4.57 Å². The van der Waals surface area contributed by atoms with Crippen LogP contribution in [0.3, 0.4) is 0 Å². The van der Waals surface area contributed by atoms with Gasteiger partial charge in [0.2, 0.25) is 0 Å². The lowest BCUT2D eigenvalue weighted by molar-refractivity contribution is 0.731. The van der Waals surface area contributed by atoms with Gasteiger partial charge in [-0.05, 0) is 43.4 Å². The Morgan fingerprint density at radius 3 is 2.60 bits per heavy atom. The molecular formula is C13H15NO. The van der Waals surface area contributed by atoms with Crippen LogP contribution in [-0.2, 0) is 6.54 Å². The minimum Gasteiger partial charge on any atom is -0.315 e. The zero-order valence-corrected chi connectivity index (χ0v) is 9.37. The summed E-state index contributed by atoms with van der Waals surface area (Å²) in [4.78, 5) is 12.0. The summed E-state index contributed by atoms with van der Waals surface area (Å²) in [6, 6.07) is 5.90. The van der Waals surface area contributed by atoms with Crippen LogP contribution in [0.5, 0.6) is 0 Å². The Morgan fingerprint density at radius 2 is 1.93 bits per heavy atom. The van der Waals surface area contributed by atoms with Crippen LogP contribution in [0, 0.1) is 13.8 Å². The lowest BCUT2D eigenvalue weighted by Gasteiger charge is -2.09. The molecule has 1 aromatic heterocycles. The van der Waals surface area contributed by atoms with Crippen molar-refractivity contribution in [3.63, 3.8) is 0 Å². The van der Waals surface area contributed by atoms with Crippen LogP contribution in [0.25, 0.3) is 10.8 Å². The minimum absolute atomic E-state index is 0.113. The molecule has 78 valence electrons. The zero-order chi connectivity index (χ0) is 11.0. The fourth-order valence-corrected chi connectivity index (χ4v) is 2.12. The second-order valence-corrected chi connectivity index (χ2v) is 3.90. The van der Waals surface area contributed by atoms with Crippen LogP contribution in [0.4, 0.5) is 0 Å². The van der Waals surface area contributed by atoms with Crippen molar-refractivity contribution in [3.8, 4) is 0 Å². The standard InChI is InChI=1S/C13H15NO/c1-4-14-8-10(3)12-9(2)6-5-7-11(12)13(14)15/h5-8H,4H2,1-3H3. The van der Waals surface area contributed by atoms with Crippen molar-refractivity contribution in [2.75, 3.05) is 0 Å². The van der Waals surface area contributed by atoms with Crippen molar-refractivity contribution < 1.29 is 0 Å². The summed E-state index contributed by atoms with van der Waals surface area (Å²) in [5, 5.41) is 1.93. The Morgan fingerprint density at radius 1 is 1.20 bits per heavy atom. The first-order valence-electron chi connectivity index (χ1n) is 5.24. The number of rotatable bonds is 1. The molecule has 1 heterocycles. The molecule has 15 heavy (non-hydrogen) atoms. The number of aromatic nitrogens is 1. The van der Waals surface area contributed by atoms with Crippen LogP contribution in [0.15, 0.2) is 29.2 Å². The molecule has 0 spiro atoms. The highest BCUT2D eigenvalue weighted by molar-refractivity contribution is 5.87. The number of hydrogen-bond donors (Lipinski definition) is 0. The van der Waals surface area contributed by atoms with E-state index in [0.29, 0.717) is 0 Å². The molecule has 2 nitrogen and oxygen atoms in total. The third-order valence-electron chi connectivity index (χ3n) is 2.85. The van der Waals surface area contributed by atoms with Crippen molar-refractivity contribution in [1.29, 1.82) is 0 Å². The highest BCUT2D eigenvalue weighted by atomic mass is 16.1. The van der Waals surface area contributed by atoms with Crippen molar-refractivity contribution in [3.05, 3.63) is 45.9 Å². The van der Waals surface area contributed by atoms with Crippen molar-refractivity contribution in [2.24, 2.45) is 0 Å². The highest BCUT2D eigenvalue weighted by Gasteiger charge is 2.06. The van der Waals surface area contributed by atoms with Crippen LogP contribution in [0.2, 0.25) is 0 Å². The molecule has 0 unspecified atom stereocenters. The lowest BCUT2D eigenvalue weighted by Crippen LogP contribution is -2.19. The van der Waals surface area contributed by atoms with Gasteiger partial charge in [0, 0.05) is 18.1 Å². The molecular weight excluding hydrogens is 186 g/mol. The first-order valence-corrected chi connectivity index (χ1v) is 5.24. The molecule has 0 N–H and O–H groups in total. The topological polar surface area (TPSA) is 22.0 Å². The zero-order valence-electron chi connectivity index (χ0n) is 9.37. The predicted octanol–water partition coefficient (Wildman–Crippen LogP) is 2.64. The second kappa shape index (κ2) is 3.54. The Hall–Kier alpha value is -1.57. The fraction of sp³-hybridized carbons (Fsp3) is 0.308. The van der Waals surface area contributed by atoms with Gasteiger partial charge >= 0.3 is 0 Å². The van der Waals surface area contributed by atoms with E-state index < -0.39 is 0 Å². The average Bonchev–Trinajstić information content (AvgIpc) is 2.23. The maximum atomic E-state index is 12.0. The van der Waals surface area contributed by atoms with Gasteiger partial charge in [-0.15, -0.1) is 0 Å². The summed E-state index contributed by atoms with van der Waals surface area (Å²) in [6.45, 7) is 6.82.